The predicted octanol–water partition coefficient (Wildman–Crippen LogP) is -0.586. The Hall–Kier alpha value is -0.590. The van der Waals surface area contributed by atoms with Gasteiger partial charge in [0.1, 0.15) is 6.04 Å². The molecule has 1 atom stereocenters. The summed E-state index contributed by atoms with van der Waals surface area (Å²) in [6.45, 7) is 2.85. The summed E-state index contributed by atoms with van der Waals surface area (Å²) in [5.41, 5.74) is 0. The fourth-order valence-electron chi connectivity index (χ4n) is 0.984. The molecule has 9 heavy (non-hydrogen) atoms. The normalized spacial score (nSPS) is 29.6. The van der Waals surface area contributed by atoms with Gasteiger partial charge >= 0.3 is 0 Å². The van der Waals surface area contributed by atoms with Crippen molar-refractivity contribution in [2.24, 2.45) is 0 Å². The molecule has 1 aliphatic rings. The van der Waals surface area contributed by atoms with Gasteiger partial charge in [-0.05, 0) is 7.05 Å². The maximum Gasteiger partial charge on any atom is 0.108 e. The minimum Gasteiger partial charge on any atom is -0.302 e. The van der Waals surface area contributed by atoms with Crippen LogP contribution >= 0.6 is 0 Å². The largest absolute Gasteiger partial charge is 0.302 e. The maximum atomic E-state index is 8.47. The van der Waals surface area contributed by atoms with Crippen LogP contribution in [0.5, 0.6) is 0 Å². The summed E-state index contributed by atoms with van der Waals surface area (Å²) >= 11 is 0. The van der Waals surface area contributed by atoms with Crippen LogP contribution in [0.3, 0.4) is 0 Å². The Labute approximate surface area is 55.3 Å². The van der Waals surface area contributed by atoms with E-state index in [0.29, 0.717) is 0 Å². The second kappa shape index (κ2) is 2.81. The van der Waals surface area contributed by atoms with Crippen molar-refractivity contribution in [1.82, 2.24) is 10.2 Å². The average molecular weight is 125 g/mol. The van der Waals surface area contributed by atoms with Crippen molar-refractivity contribution in [3.63, 3.8) is 0 Å². The monoisotopic (exact) mass is 125 g/mol. The highest BCUT2D eigenvalue weighted by Gasteiger charge is 2.14. The number of hydrogen-bond donors (Lipinski definition) is 1. The Bertz CT molecular complexity index is 127. The lowest BCUT2D eigenvalue weighted by molar-refractivity contribution is 0.264. The van der Waals surface area contributed by atoms with Crippen LogP contribution in [0.15, 0.2) is 0 Å². The summed E-state index contributed by atoms with van der Waals surface area (Å²) in [5, 5.41) is 11.6. The van der Waals surface area contributed by atoms with Gasteiger partial charge in [-0.1, -0.05) is 0 Å². The van der Waals surface area contributed by atoms with Gasteiger partial charge in [-0.15, -0.1) is 0 Å². The zero-order valence-corrected chi connectivity index (χ0v) is 5.59. The molecule has 0 aromatic carbocycles. The van der Waals surface area contributed by atoms with E-state index in [1.165, 1.54) is 0 Å². The smallest absolute Gasteiger partial charge is 0.108 e. The predicted molar refractivity (Wildman–Crippen MR) is 34.9 cm³/mol. The summed E-state index contributed by atoms with van der Waals surface area (Å²) in [6, 6.07) is 2.23. The molecule has 0 radical (unpaired) electrons. The first-order chi connectivity index (χ1) is 4.33. The third kappa shape index (κ3) is 1.67. The number of likely N-dealkylation sites (N-methyl/N-ethyl adjacent to an activating group) is 1. The zero-order chi connectivity index (χ0) is 6.69. The molecular weight excluding hydrogens is 114 g/mol. The van der Waals surface area contributed by atoms with Gasteiger partial charge in [-0.3, -0.25) is 5.32 Å². The zero-order valence-electron chi connectivity index (χ0n) is 5.59. The van der Waals surface area contributed by atoms with Gasteiger partial charge in [0.15, 0.2) is 0 Å². The molecule has 1 aliphatic heterocycles. The summed E-state index contributed by atoms with van der Waals surface area (Å²) < 4.78 is 0. The Kier molecular flexibility index (Phi) is 2.04. The van der Waals surface area contributed by atoms with Crippen molar-refractivity contribution in [2.45, 2.75) is 6.04 Å². The van der Waals surface area contributed by atoms with Gasteiger partial charge in [0.25, 0.3) is 0 Å². The lowest BCUT2D eigenvalue weighted by atomic mass is 10.2. The second-order valence-corrected chi connectivity index (χ2v) is 2.40. The Balaban J connectivity index is 2.34. The van der Waals surface area contributed by atoms with E-state index >= 15 is 0 Å². The molecule has 1 rings (SSSR count). The van der Waals surface area contributed by atoms with E-state index in [4.69, 9.17) is 5.26 Å². The summed E-state index contributed by atoms with van der Waals surface area (Å²) in [7, 11) is 2.03. The van der Waals surface area contributed by atoms with Crippen molar-refractivity contribution in [2.75, 3.05) is 26.7 Å². The van der Waals surface area contributed by atoms with E-state index in [2.05, 4.69) is 16.3 Å². The molecule has 0 unspecified atom stereocenters. The number of hydrogen-bond acceptors (Lipinski definition) is 3. The average Bonchev–Trinajstić information content (AvgIpc) is 1.88. The molecule has 0 aliphatic carbocycles. The van der Waals surface area contributed by atoms with Crippen molar-refractivity contribution in [3.05, 3.63) is 0 Å². The molecule has 0 bridgehead atoms. The van der Waals surface area contributed by atoms with Gasteiger partial charge in [0, 0.05) is 19.6 Å². The fraction of sp³-hybridized carbons (Fsp3) is 0.833. The second-order valence-electron chi connectivity index (χ2n) is 2.40. The minimum atomic E-state index is 0.0451. The van der Waals surface area contributed by atoms with Crippen molar-refractivity contribution in [3.8, 4) is 6.07 Å². The van der Waals surface area contributed by atoms with Crippen molar-refractivity contribution >= 4 is 0 Å². The highest BCUT2D eigenvalue weighted by molar-refractivity contribution is 4.94. The SMILES string of the molecule is CN1CCN[C@H](C#N)C1. The first-order valence-electron chi connectivity index (χ1n) is 3.14. The molecule has 0 amide bonds. The Morgan fingerprint density at radius 2 is 2.56 bits per heavy atom. The molecule has 1 fully saturated rings. The van der Waals surface area contributed by atoms with Crippen LogP contribution < -0.4 is 5.32 Å². The molecule has 1 N–H and O–H groups in total. The highest BCUT2D eigenvalue weighted by atomic mass is 15.2. The fourth-order valence-corrected chi connectivity index (χ4v) is 0.984. The van der Waals surface area contributed by atoms with Crippen LogP contribution in [0.2, 0.25) is 0 Å². The maximum absolute atomic E-state index is 8.47. The first-order valence-corrected chi connectivity index (χ1v) is 3.14. The van der Waals surface area contributed by atoms with Gasteiger partial charge in [-0.2, -0.15) is 5.26 Å². The van der Waals surface area contributed by atoms with Gasteiger partial charge in [-0.25, -0.2) is 0 Å². The third-order valence-corrected chi connectivity index (χ3v) is 1.53. The molecule has 1 saturated heterocycles. The summed E-state index contributed by atoms with van der Waals surface area (Å²) in [6.07, 6.45) is 0. The van der Waals surface area contributed by atoms with Crippen LogP contribution in [0, 0.1) is 11.3 Å². The minimum absolute atomic E-state index is 0.0451. The van der Waals surface area contributed by atoms with Crippen molar-refractivity contribution in [1.29, 1.82) is 5.26 Å². The third-order valence-electron chi connectivity index (χ3n) is 1.53. The first kappa shape index (κ1) is 6.53. The molecule has 0 aromatic rings. The van der Waals surface area contributed by atoms with Crippen LogP contribution in [0.4, 0.5) is 0 Å². The van der Waals surface area contributed by atoms with E-state index in [0.717, 1.165) is 19.6 Å². The van der Waals surface area contributed by atoms with Crippen LogP contribution in [0.1, 0.15) is 0 Å². The molecule has 0 spiro atoms. The number of nitriles is 1. The number of nitrogens with one attached hydrogen (secondary N) is 1. The number of nitrogens with zero attached hydrogens (tertiary/aromatic N) is 2. The number of piperazine rings is 1. The quantitative estimate of drug-likeness (QED) is 0.470. The van der Waals surface area contributed by atoms with E-state index in [9.17, 15) is 0 Å². The molecule has 1 heterocycles. The van der Waals surface area contributed by atoms with E-state index in [1.807, 2.05) is 7.05 Å². The molecular formula is C6H11N3. The Morgan fingerprint density at radius 3 is 3.00 bits per heavy atom. The summed E-state index contributed by atoms with van der Waals surface area (Å²) in [5.74, 6) is 0. The van der Waals surface area contributed by atoms with Gasteiger partial charge < -0.3 is 4.90 Å². The van der Waals surface area contributed by atoms with Crippen LogP contribution in [-0.2, 0) is 0 Å². The van der Waals surface area contributed by atoms with Crippen LogP contribution in [-0.4, -0.2) is 37.6 Å². The summed E-state index contributed by atoms with van der Waals surface area (Å²) in [4.78, 5) is 2.16. The van der Waals surface area contributed by atoms with E-state index < -0.39 is 0 Å². The molecule has 3 nitrogen and oxygen atoms in total. The molecule has 0 aromatic heterocycles. The van der Waals surface area contributed by atoms with E-state index in [1.54, 1.807) is 0 Å². The van der Waals surface area contributed by atoms with Crippen molar-refractivity contribution < 1.29 is 0 Å². The van der Waals surface area contributed by atoms with Gasteiger partial charge in [0.05, 0.1) is 6.07 Å². The number of rotatable bonds is 0. The molecule has 3 heteroatoms. The Morgan fingerprint density at radius 1 is 1.78 bits per heavy atom. The van der Waals surface area contributed by atoms with E-state index in [-0.39, 0.29) is 6.04 Å². The molecule has 0 saturated carbocycles. The highest BCUT2D eigenvalue weighted by Crippen LogP contribution is 1.92. The molecule has 50 valence electrons. The van der Waals surface area contributed by atoms with Gasteiger partial charge in [0.2, 0.25) is 0 Å². The van der Waals surface area contributed by atoms with Crippen LogP contribution in [0.25, 0.3) is 0 Å². The lowest BCUT2D eigenvalue weighted by Gasteiger charge is -2.26. The standard InChI is InChI=1S/C6H11N3/c1-9-3-2-8-6(4-7)5-9/h6,8H,2-3,5H2,1H3/t6-/m1/s1. The lowest BCUT2D eigenvalue weighted by Crippen LogP contribution is -2.48. The topological polar surface area (TPSA) is 39.1 Å².